The number of nitrogens with zero attached hydrogens (tertiary/aromatic N) is 2. The SMILES string of the molecule is CCC[C@H](C)NC(=O)COC(=O)/C=C/c1csc(N(C(C)=O)c2ccccc2)n1. The molecule has 154 valence electrons. The predicted octanol–water partition coefficient (Wildman–Crippen LogP) is 3.69. The Kier molecular flexibility index (Phi) is 8.54. The molecule has 8 heteroatoms. The van der Waals surface area contributed by atoms with Gasteiger partial charge in [0.15, 0.2) is 11.7 Å². The van der Waals surface area contributed by atoms with Crippen LogP contribution in [0.4, 0.5) is 10.8 Å². The van der Waals surface area contributed by atoms with Gasteiger partial charge in [0.25, 0.3) is 5.91 Å². The molecule has 0 bridgehead atoms. The third-order valence-corrected chi connectivity index (χ3v) is 4.74. The molecule has 7 nitrogen and oxygen atoms in total. The van der Waals surface area contributed by atoms with E-state index >= 15 is 0 Å². The molecule has 0 radical (unpaired) electrons. The summed E-state index contributed by atoms with van der Waals surface area (Å²) in [7, 11) is 0. The summed E-state index contributed by atoms with van der Waals surface area (Å²) >= 11 is 1.29. The zero-order chi connectivity index (χ0) is 21.2. The summed E-state index contributed by atoms with van der Waals surface area (Å²) < 4.78 is 4.94. The number of para-hydroxylation sites is 1. The van der Waals surface area contributed by atoms with Gasteiger partial charge in [-0.3, -0.25) is 14.5 Å². The molecular formula is C21H25N3O4S. The average Bonchev–Trinajstić information content (AvgIpc) is 3.14. The van der Waals surface area contributed by atoms with Crippen molar-refractivity contribution in [2.75, 3.05) is 11.5 Å². The van der Waals surface area contributed by atoms with Crippen LogP contribution in [0.2, 0.25) is 0 Å². The quantitative estimate of drug-likeness (QED) is 0.498. The molecule has 1 heterocycles. The van der Waals surface area contributed by atoms with Gasteiger partial charge < -0.3 is 10.1 Å². The van der Waals surface area contributed by atoms with Gasteiger partial charge in [-0.1, -0.05) is 31.5 Å². The summed E-state index contributed by atoms with van der Waals surface area (Å²) in [6, 6.07) is 9.24. The van der Waals surface area contributed by atoms with Crippen LogP contribution in [0.15, 0.2) is 41.8 Å². The average molecular weight is 416 g/mol. The van der Waals surface area contributed by atoms with Crippen LogP contribution in [0, 0.1) is 0 Å². The van der Waals surface area contributed by atoms with Gasteiger partial charge in [0.05, 0.1) is 11.4 Å². The van der Waals surface area contributed by atoms with Crippen LogP contribution in [0.1, 0.15) is 39.3 Å². The van der Waals surface area contributed by atoms with Crippen molar-refractivity contribution in [1.82, 2.24) is 10.3 Å². The van der Waals surface area contributed by atoms with Crippen molar-refractivity contribution >= 4 is 46.0 Å². The number of aromatic nitrogens is 1. The fourth-order valence-electron chi connectivity index (χ4n) is 2.62. The van der Waals surface area contributed by atoms with Gasteiger partial charge in [-0.25, -0.2) is 9.78 Å². The largest absolute Gasteiger partial charge is 0.452 e. The molecule has 2 amide bonds. The highest BCUT2D eigenvalue weighted by Gasteiger charge is 2.17. The van der Waals surface area contributed by atoms with Crippen LogP contribution in [-0.4, -0.2) is 35.4 Å². The van der Waals surface area contributed by atoms with E-state index < -0.39 is 5.97 Å². The number of carbonyl (C=O) groups is 3. The minimum atomic E-state index is -0.635. The first kappa shape index (κ1) is 22.3. The zero-order valence-electron chi connectivity index (χ0n) is 16.8. The number of rotatable bonds is 9. The first-order valence-corrected chi connectivity index (χ1v) is 10.2. The first-order valence-electron chi connectivity index (χ1n) is 9.36. The van der Waals surface area contributed by atoms with E-state index in [4.69, 9.17) is 4.74 Å². The maximum Gasteiger partial charge on any atom is 0.331 e. The summed E-state index contributed by atoms with van der Waals surface area (Å²) in [5.74, 6) is -1.13. The van der Waals surface area contributed by atoms with E-state index in [0.29, 0.717) is 16.5 Å². The van der Waals surface area contributed by atoms with Crippen LogP contribution < -0.4 is 10.2 Å². The smallest absolute Gasteiger partial charge is 0.331 e. The van der Waals surface area contributed by atoms with Crippen LogP contribution in [0.5, 0.6) is 0 Å². The third-order valence-electron chi connectivity index (χ3n) is 3.90. The van der Waals surface area contributed by atoms with Gasteiger partial charge >= 0.3 is 5.97 Å². The number of benzene rings is 1. The summed E-state index contributed by atoms with van der Waals surface area (Å²) in [5.41, 5.74) is 1.23. The Morgan fingerprint density at radius 3 is 2.66 bits per heavy atom. The van der Waals surface area contributed by atoms with Gasteiger partial charge in [-0.2, -0.15) is 0 Å². The van der Waals surface area contributed by atoms with Crippen LogP contribution in [0.25, 0.3) is 6.08 Å². The fourth-order valence-corrected chi connectivity index (χ4v) is 3.47. The molecule has 0 spiro atoms. The molecule has 0 aliphatic rings. The van der Waals surface area contributed by atoms with Crippen molar-refractivity contribution in [3.05, 3.63) is 47.5 Å². The standard InChI is InChI=1S/C21H25N3O4S/c1-4-8-15(2)22-19(26)13-28-20(27)12-11-17-14-29-21(23-17)24(16(3)25)18-9-6-5-7-10-18/h5-7,9-12,14-15H,4,8,13H2,1-3H3,(H,22,26)/b12-11+/t15-/m0/s1. The molecule has 0 fully saturated rings. The molecular weight excluding hydrogens is 390 g/mol. The molecule has 0 aliphatic carbocycles. The van der Waals surface area contributed by atoms with E-state index in [9.17, 15) is 14.4 Å². The van der Waals surface area contributed by atoms with E-state index in [0.717, 1.165) is 12.8 Å². The monoisotopic (exact) mass is 415 g/mol. The Bertz CT molecular complexity index is 864. The Balaban J connectivity index is 1.93. The van der Waals surface area contributed by atoms with Gasteiger partial charge in [0.2, 0.25) is 5.91 Å². The maximum absolute atomic E-state index is 12.0. The number of ether oxygens (including phenoxy) is 1. The number of carbonyl (C=O) groups excluding carboxylic acids is 3. The van der Waals surface area contributed by atoms with Crippen molar-refractivity contribution in [1.29, 1.82) is 0 Å². The van der Waals surface area contributed by atoms with Gasteiger partial charge in [-0.05, 0) is 31.6 Å². The molecule has 2 aromatic rings. The molecule has 0 saturated carbocycles. The van der Waals surface area contributed by atoms with Crippen molar-refractivity contribution < 1.29 is 19.1 Å². The van der Waals surface area contributed by atoms with Crippen molar-refractivity contribution in [3.8, 4) is 0 Å². The number of hydrogen-bond donors (Lipinski definition) is 1. The van der Waals surface area contributed by atoms with E-state index in [2.05, 4.69) is 10.3 Å². The molecule has 2 rings (SSSR count). The highest BCUT2D eigenvalue weighted by molar-refractivity contribution is 7.14. The molecule has 1 atom stereocenters. The molecule has 0 saturated heterocycles. The second kappa shape index (κ2) is 11.1. The lowest BCUT2D eigenvalue weighted by Gasteiger charge is -2.17. The zero-order valence-corrected chi connectivity index (χ0v) is 17.6. The Morgan fingerprint density at radius 1 is 1.28 bits per heavy atom. The first-order chi connectivity index (χ1) is 13.9. The van der Waals surface area contributed by atoms with E-state index in [-0.39, 0.29) is 24.5 Å². The predicted molar refractivity (Wildman–Crippen MR) is 114 cm³/mol. The molecule has 0 unspecified atom stereocenters. The van der Waals surface area contributed by atoms with Crippen molar-refractivity contribution in [3.63, 3.8) is 0 Å². The summed E-state index contributed by atoms with van der Waals surface area (Å²) in [6.07, 6.45) is 4.53. The summed E-state index contributed by atoms with van der Waals surface area (Å²) in [5, 5.41) is 5.00. The molecule has 0 aliphatic heterocycles. The van der Waals surface area contributed by atoms with Crippen molar-refractivity contribution in [2.45, 2.75) is 39.7 Å². The third kappa shape index (κ3) is 7.15. The van der Waals surface area contributed by atoms with E-state index in [1.807, 2.05) is 44.2 Å². The second-order valence-corrected chi connectivity index (χ2v) is 7.28. The lowest BCUT2D eigenvalue weighted by atomic mass is 10.2. The Morgan fingerprint density at radius 2 is 2.00 bits per heavy atom. The summed E-state index contributed by atoms with van der Waals surface area (Å²) in [6.45, 7) is 5.08. The minimum Gasteiger partial charge on any atom is -0.452 e. The van der Waals surface area contributed by atoms with Gasteiger partial charge in [0.1, 0.15) is 0 Å². The fraction of sp³-hybridized carbons (Fsp3) is 0.333. The lowest BCUT2D eigenvalue weighted by Crippen LogP contribution is -2.35. The van der Waals surface area contributed by atoms with E-state index in [1.165, 1.54) is 35.3 Å². The summed E-state index contributed by atoms with van der Waals surface area (Å²) in [4.78, 5) is 41.5. The number of amides is 2. The number of nitrogens with one attached hydrogen (secondary N) is 1. The number of thiazole rings is 1. The molecule has 1 aromatic carbocycles. The van der Waals surface area contributed by atoms with Crippen LogP contribution in [0.3, 0.4) is 0 Å². The highest BCUT2D eigenvalue weighted by Crippen LogP contribution is 2.28. The van der Waals surface area contributed by atoms with Crippen molar-refractivity contribution in [2.24, 2.45) is 0 Å². The van der Waals surface area contributed by atoms with Crippen LogP contribution in [-0.2, 0) is 19.1 Å². The molecule has 29 heavy (non-hydrogen) atoms. The van der Waals surface area contributed by atoms with Gasteiger partial charge in [-0.15, -0.1) is 11.3 Å². The number of esters is 1. The van der Waals surface area contributed by atoms with E-state index in [1.54, 1.807) is 5.38 Å². The van der Waals surface area contributed by atoms with Gasteiger partial charge in [0, 0.05) is 24.4 Å². The highest BCUT2D eigenvalue weighted by atomic mass is 32.1. The lowest BCUT2D eigenvalue weighted by molar-refractivity contribution is -0.144. The topological polar surface area (TPSA) is 88.6 Å². The Hall–Kier alpha value is -3.00. The number of anilines is 2. The molecule has 1 aromatic heterocycles. The maximum atomic E-state index is 12.0. The minimum absolute atomic E-state index is 0.0454. The molecule has 1 N–H and O–H groups in total. The normalized spacial score (nSPS) is 11.8. The number of hydrogen-bond acceptors (Lipinski definition) is 6. The second-order valence-electron chi connectivity index (χ2n) is 6.44. The van der Waals surface area contributed by atoms with Crippen LogP contribution >= 0.6 is 11.3 Å². The Labute approximate surface area is 174 Å².